The van der Waals surface area contributed by atoms with Crippen molar-refractivity contribution in [3.63, 3.8) is 0 Å². The quantitative estimate of drug-likeness (QED) is 0.459. The van der Waals surface area contributed by atoms with Crippen LogP contribution in [-0.4, -0.2) is 35.9 Å². The minimum absolute atomic E-state index is 0.179. The predicted octanol–water partition coefficient (Wildman–Crippen LogP) is 3.91. The number of benzene rings is 1. The second-order valence-electron chi connectivity index (χ2n) is 10.9. The summed E-state index contributed by atoms with van der Waals surface area (Å²) >= 11 is 0. The van der Waals surface area contributed by atoms with Crippen LogP contribution in [0.15, 0.2) is 59.1 Å². The molecule has 9 nitrogen and oxygen atoms in total. The van der Waals surface area contributed by atoms with E-state index in [-0.39, 0.29) is 17.9 Å². The molecule has 200 valence electrons. The molecule has 38 heavy (non-hydrogen) atoms. The zero-order chi connectivity index (χ0) is 27.2. The van der Waals surface area contributed by atoms with Gasteiger partial charge in [-0.25, -0.2) is 4.79 Å². The number of methoxy groups -OCH3 is 1. The highest BCUT2D eigenvalue weighted by atomic mass is 16.6. The fourth-order valence-electron chi connectivity index (χ4n) is 6.79. The van der Waals surface area contributed by atoms with Crippen LogP contribution < -0.4 is 0 Å². The van der Waals surface area contributed by atoms with E-state index < -0.39 is 58.4 Å². The number of hydrogen-bond acceptors (Lipinski definition) is 9. The maximum Gasteiger partial charge on any atom is 0.343 e. The second kappa shape index (κ2) is 9.54. The molecule has 9 heteroatoms. The normalized spacial score (nSPS) is 32.4. The fraction of sp³-hybridized carbons (Fsp3) is 0.448. The molecule has 2 heterocycles. The molecule has 0 bridgehead atoms. The number of carbonyl (C=O) groups excluding carboxylic acids is 4. The van der Waals surface area contributed by atoms with Gasteiger partial charge in [0.25, 0.3) is 0 Å². The summed E-state index contributed by atoms with van der Waals surface area (Å²) in [6.07, 6.45) is 4.98. The van der Waals surface area contributed by atoms with Crippen LogP contribution in [0.25, 0.3) is 0 Å². The minimum atomic E-state index is -0.887. The molecule has 1 aliphatic heterocycles. The van der Waals surface area contributed by atoms with E-state index in [1.54, 1.807) is 18.2 Å². The van der Waals surface area contributed by atoms with E-state index in [9.17, 15) is 24.3 Å². The number of hydrogen-bond donors (Lipinski definition) is 1. The molecule has 0 unspecified atom stereocenters. The van der Waals surface area contributed by atoms with E-state index in [1.165, 1.54) is 37.8 Å². The molecule has 1 saturated carbocycles. The molecule has 1 saturated heterocycles. The zero-order valence-corrected chi connectivity index (χ0v) is 21.5. The maximum absolute atomic E-state index is 14.1. The van der Waals surface area contributed by atoms with Gasteiger partial charge in [0.1, 0.15) is 6.10 Å². The molecule has 1 aromatic carbocycles. The number of carbonyl (C=O) groups is 4. The van der Waals surface area contributed by atoms with Crippen molar-refractivity contribution in [1.29, 1.82) is 0 Å². The fourth-order valence-corrected chi connectivity index (χ4v) is 6.79. The first-order valence-electron chi connectivity index (χ1n) is 12.6. The molecule has 1 aromatic heterocycles. The monoisotopic (exact) mass is 522 g/mol. The van der Waals surface area contributed by atoms with Crippen LogP contribution in [0.2, 0.25) is 0 Å². The number of fused-ring (bicyclic) bond motifs is 3. The summed E-state index contributed by atoms with van der Waals surface area (Å²) < 4.78 is 21.7. The van der Waals surface area contributed by atoms with Gasteiger partial charge in [-0.2, -0.15) is 0 Å². The van der Waals surface area contributed by atoms with E-state index >= 15 is 0 Å². The van der Waals surface area contributed by atoms with Crippen molar-refractivity contribution >= 4 is 23.7 Å². The Hall–Kier alpha value is -3.72. The first kappa shape index (κ1) is 25.9. The third-order valence-corrected chi connectivity index (χ3v) is 8.73. The number of furan rings is 1. The number of aliphatic hydroxyl groups excluding tert-OH is 1. The molecule has 2 aromatic rings. The topological polar surface area (TPSA) is 129 Å². The van der Waals surface area contributed by atoms with Crippen LogP contribution in [-0.2, 0) is 35.2 Å². The lowest BCUT2D eigenvalue weighted by Gasteiger charge is -2.59. The summed E-state index contributed by atoms with van der Waals surface area (Å²) in [6.45, 7) is 3.58. The van der Waals surface area contributed by atoms with Crippen LogP contribution in [0.4, 0.5) is 0 Å². The number of rotatable bonds is 5. The zero-order valence-electron chi connectivity index (χ0n) is 21.5. The van der Waals surface area contributed by atoms with Crippen molar-refractivity contribution in [2.45, 2.75) is 45.8 Å². The first-order chi connectivity index (χ1) is 18.1. The summed E-state index contributed by atoms with van der Waals surface area (Å²) in [5.41, 5.74) is -0.261. The van der Waals surface area contributed by atoms with Gasteiger partial charge in [0, 0.05) is 11.5 Å². The average Bonchev–Trinajstić information content (AvgIpc) is 3.44. The molecule has 5 rings (SSSR count). The number of cyclic esters (lactones) is 1. The standard InChI is InChI=1S/C29H30O9/c1-28-10-8-19-27(34)38-22(18-9-11-36-15-18)13-29(19,2)24(28)23(31)21(12-20(28)26(33)35-3)37-25(32)17-6-4-16(14-30)5-7-17/h4-7,9,11-12,15,19-20,22,24,30H,8,10,13-14H2,1-3H3/t19-,20-,22-,24-,28-,29-/m0/s1. The lowest BCUT2D eigenvalue weighted by molar-refractivity contribution is -0.197. The summed E-state index contributed by atoms with van der Waals surface area (Å²) in [5.74, 6) is -4.61. The highest BCUT2D eigenvalue weighted by Gasteiger charge is 2.66. The molecule has 2 aliphatic carbocycles. The molecule has 6 atom stereocenters. The van der Waals surface area contributed by atoms with Gasteiger partial charge in [-0.1, -0.05) is 26.0 Å². The summed E-state index contributed by atoms with van der Waals surface area (Å²) in [4.78, 5) is 53.4. The number of aliphatic hydroxyl groups is 1. The lowest BCUT2D eigenvalue weighted by atomic mass is 9.44. The molecule has 0 spiro atoms. The SMILES string of the molecule is COC(=O)[C@@H]1C=C(OC(=O)c2ccc(CO)cc2)C(=O)[C@H]2[C@@]1(C)CC[C@H]1C(=O)O[C@H](c3ccoc3)C[C@]21C. The van der Waals surface area contributed by atoms with Crippen LogP contribution in [0.5, 0.6) is 0 Å². The van der Waals surface area contributed by atoms with E-state index in [4.69, 9.17) is 18.6 Å². The molecule has 0 amide bonds. The third-order valence-electron chi connectivity index (χ3n) is 8.73. The Labute approximate surface area is 219 Å². The largest absolute Gasteiger partial charge is 0.472 e. The number of Topliss-reactive ketones (excluding diaryl/α,β-unsaturated/α-hetero) is 1. The Bertz CT molecular complexity index is 1290. The van der Waals surface area contributed by atoms with Crippen molar-refractivity contribution in [2.24, 2.45) is 28.6 Å². The minimum Gasteiger partial charge on any atom is -0.472 e. The Balaban J connectivity index is 1.54. The molecular weight excluding hydrogens is 492 g/mol. The number of ether oxygens (including phenoxy) is 3. The Kier molecular flexibility index (Phi) is 6.51. The smallest absolute Gasteiger partial charge is 0.343 e. The van der Waals surface area contributed by atoms with E-state index in [0.717, 1.165) is 0 Å². The Morgan fingerprint density at radius 2 is 1.84 bits per heavy atom. The number of ketones is 1. The van der Waals surface area contributed by atoms with Crippen LogP contribution in [0, 0.1) is 28.6 Å². The number of allylic oxidation sites excluding steroid dienone is 1. The van der Waals surface area contributed by atoms with Crippen LogP contribution >= 0.6 is 0 Å². The second-order valence-corrected chi connectivity index (χ2v) is 10.9. The van der Waals surface area contributed by atoms with Gasteiger partial charge in [0.2, 0.25) is 5.78 Å². The van der Waals surface area contributed by atoms with Gasteiger partial charge in [0.05, 0.1) is 43.6 Å². The van der Waals surface area contributed by atoms with E-state index in [1.807, 2.05) is 13.8 Å². The van der Waals surface area contributed by atoms with Gasteiger partial charge >= 0.3 is 17.9 Å². The van der Waals surface area contributed by atoms with Crippen molar-refractivity contribution in [2.75, 3.05) is 7.11 Å². The summed E-state index contributed by atoms with van der Waals surface area (Å²) in [7, 11) is 1.28. The van der Waals surface area contributed by atoms with Crippen LogP contribution in [0.3, 0.4) is 0 Å². The average molecular weight is 523 g/mol. The molecule has 0 radical (unpaired) electrons. The van der Waals surface area contributed by atoms with E-state index in [0.29, 0.717) is 30.4 Å². The van der Waals surface area contributed by atoms with Gasteiger partial charge in [-0.3, -0.25) is 14.4 Å². The van der Waals surface area contributed by atoms with Gasteiger partial charge in [-0.15, -0.1) is 0 Å². The summed E-state index contributed by atoms with van der Waals surface area (Å²) in [5, 5.41) is 9.27. The van der Waals surface area contributed by atoms with Crippen molar-refractivity contribution in [3.8, 4) is 0 Å². The van der Waals surface area contributed by atoms with Crippen molar-refractivity contribution < 1.29 is 42.9 Å². The van der Waals surface area contributed by atoms with Gasteiger partial charge in [0.15, 0.2) is 5.76 Å². The van der Waals surface area contributed by atoms with E-state index in [2.05, 4.69) is 0 Å². The molecule has 1 N–H and O–H groups in total. The van der Waals surface area contributed by atoms with Gasteiger partial charge in [-0.05, 0) is 59.9 Å². The maximum atomic E-state index is 14.1. The summed E-state index contributed by atoms with van der Waals surface area (Å²) in [6, 6.07) is 7.87. The third kappa shape index (κ3) is 4.05. The van der Waals surface area contributed by atoms with Gasteiger partial charge < -0.3 is 23.7 Å². The lowest BCUT2D eigenvalue weighted by Crippen LogP contribution is -2.61. The van der Waals surface area contributed by atoms with Crippen molar-refractivity contribution in [1.82, 2.24) is 0 Å². The highest BCUT2D eigenvalue weighted by molar-refractivity contribution is 6.03. The van der Waals surface area contributed by atoms with Crippen molar-refractivity contribution in [3.05, 3.63) is 71.4 Å². The molecule has 2 fully saturated rings. The highest BCUT2D eigenvalue weighted by Crippen LogP contribution is 2.64. The molecular formula is C29H30O9. The Morgan fingerprint density at radius 3 is 2.47 bits per heavy atom. The molecule has 3 aliphatic rings. The Morgan fingerprint density at radius 1 is 1.11 bits per heavy atom. The predicted molar refractivity (Wildman–Crippen MR) is 131 cm³/mol. The van der Waals surface area contributed by atoms with Crippen LogP contribution in [0.1, 0.15) is 60.7 Å². The first-order valence-corrected chi connectivity index (χ1v) is 12.6. The number of esters is 3.